The van der Waals surface area contributed by atoms with Crippen molar-refractivity contribution in [2.24, 2.45) is 17.1 Å². The molecular formula is C13H23N3. The minimum Gasteiger partial charge on any atom is -0.330 e. The lowest BCUT2D eigenvalue weighted by atomic mass is 10.0. The van der Waals surface area contributed by atoms with Crippen molar-refractivity contribution in [2.45, 2.75) is 52.6 Å². The van der Waals surface area contributed by atoms with E-state index in [9.17, 15) is 0 Å². The summed E-state index contributed by atoms with van der Waals surface area (Å²) in [7, 11) is 0. The lowest BCUT2D eigenvalue weighted by Crippen LogP contribution is -2.17. The van der Waals surface area contributed by atoms with Crippen molar-refractivity contribution in [3.05, 3.63) is 18.2 Å². The average molecular weight is 221 g/mol. The van der Waals surface area contributed by atoms with Gasteiger partial charge >= 0.3 is 0 Å². The highest BCUT2D eigenvalue weighted by molar-refractivity contribution is 5.12. The van der Waals surface area contributed by atoms with Gasteiger partial charge in [0, 0.05) is 18.3 Å². The fourth-order valence-electron chi connectivity index (χ4n) is 2.41. The summed E-state index contributed by atoms with van der Waals surface area (Å²) in [5.41, 5.74) is 7.86. The topological polar surface area (TPSA) is 43.8 Å². The number of nitrogens with zero attached hydrogens (tertiary/aromatic N) is 2. The van der Waals surface area contributed by atoms with Crippen LogP contribution in [0.15, 0.2) is 12.5 Å². The first-order chi connectivity index (χ1) is 7.42. The van der Waals surface area contributed by atoms with Gasteiger partial charge in [-0.2, -0.15) is 0 Å². The Kier molecular flexibility index (Phi) is 2.82. The Morgan fingerprint density at radius 1 is 1.56 bits per heavy atom. The zero-order chi connectivity index (χ0) is 11.9. The Bertz CT molecular complexity index is 365. The molecule has 0 aromatic carbocycles. The van der Waals surface area contributed by atoms with Crippen LogP contribution in [0.5, 0.6) is 0 Å². The van der Waals surface area contributed by atoms with Crippen molar-refractivity contribution in [3.8, 4) is 0 Å². The number of nitrogens with two attached hydrogens (primary N) is 1. The van der Waals surface area contributed by atoms with E-state index in [0.29, 0.717) is 17.4 Å². The Morgan fingerprint density at radius 2 is 2.19 bits per heavy atom. The molecule has 2 N–H and O–H groups in total. The first-order valence-electron chi connectivity index (χ1n) is 6.19. The number of imidazole rings is 1. The predicted octanol–water partition coefficient (Wildman–Crippen LogP) is 2.90. The Labute approximate surface area is 98.1 Å². The van der Waals surface area contributed by atoms with E-state index in [2.05, 4.69) is 37.2 Å². The monoisotopic (exact) mass is 221 g/mol. The van der Waals surface area contributed by atoms with E-state index < -0.39 is 0 Å². The minimum absolute atomic E-state index is 0.124. The van der Waals surface area contributed by atoms with E-state index >= 15 is 0 Å². The van der Waals surface area contributed by atoms with Crippen LogP contribution in [0.25, 0.3) is 0 Å². The van der Waals surface area contributed by atoms with Crippen molar-refractivity contribution in [1.29, 1.82) is 0 Å². The summed E-state index contributed by atoms with van der Waals surface area (Å²) in [6.45, 7) is 9.02. The molecular weight excluding hydrogens is 198 g/mol. The third-order valence-electron chi connectivity index (χ3n) is 3.60. The molecule has 0 aliphatic heterocycles. The summed E-state index contributed by atoms with van der Waals surface area (Å²) >= 11 is 0. The highest BCUT2D eigenvalue weighted by Gasteiger charge is 2.47. The zero-order valence-corrected chi connectivity index (χ0v) is 10.8. The standard InChI is InChI=1S/C13H23N3/c1-9(2)5-10(14)11-7-15-8-16(11)12-6-13(12,3)4/h7-10,12H,5-6,14H2,1-4H3. The van der Waals surface area contributed by atoms with Gasteiger partial charge in [-0.25, -0.2) is 4.98 Å². The molecule has 1 saturated carbocycles. The first kappa shape index (κ1) is 11.6. The van der Waals surface area contributed by atoms with Crippen LogP contribution in [0.3, 0.4) is 0 Å². The van der Waals surface area contributed by atoms with Crippen molar-refractivity contribution in [1.82, 2.24) is 9.55 Å². The molecule has 1 fully saturated rings. The summed E-state index contributed by atoms with van der Waals surface area (Å²) in [5, 5.41) is 0. The molecule has 1 aromatic rings. The average Bonchev–Trinajstić information content (AvgIpc) is 2.63. The molecule has 1 aliphatic carbocycles. The molecule has 1 heterocycles. The van der Waals surface area contributed by atoms with Gasteiger partial charge in [0.25, 0.3) is 0 Å². The first-order valence-corrected chi connectivity index (χ1v) is 6.19. The molecule has 1 aromatic heterocycles. The molecule has 0 radical (unpaired) electrons. The van der Waals surface area contributed by atoms with Crippen molar-refractivity contribution in [2.75, 3.05) is 0 Å². The number of hydrogen-bond acceptors (Lipinski definition) is 2. The summed E-state index contributed by atoms with van der Waals surface area (Å²) < 4.78 is 2.28. The molecule has 3 nitrogen and oxygen atoms in total. The lowest BCUT2D eigenvalue weighted by Gasteiger charge is -2.17. The highest BCUT2D eigenvalue weighted by atomic mass is 15.1. The summed E-state index contributed by atoms with van der Waals surface area (Å²) in [4.78, 5) is 4.26. The molecule has 3 heteroatoms. The maximum Gasteiger partial charge on any atom is 0.0951 e. The molecule has 16 heavy (non-hydrogen) atoms. The van der Waals surface area contributed by atoms with Gasteiger partial charge in [0.1, 0.15) is 0 Å². The minimum atomic E-state index is 0.124. The van der Waals surface area contributed by atoms with Crippen LogP contribution in [0, 0.1) is 11.3 Å². The number of aromatic nitrogens is 2. The van der Waals surface area contributed by atoms with E-state index in [1.165, 1.54) is 12.1 Å². The van der Waals surface area contributed by atoms with Gasteiger partial charge in [-0.3, -0.25) is 0 Å². The largest absolute Gasteiger partial charge is 0.330 e. The van der Waals surface area contributed by atoms with Crippen molar-refractivity contribution >= 4 is 0 Å². The molecule has 0 bridgehead atoms. The SMILES string of the molecule is CC(C)CC(N)c1cncn1C1CC1(C)C. The van der Waals surface area contributed by atoms with Gasteiger partial charge in [-0.15, -0.1) is 0 Å². The van der Waals surface area contributed by atoms with Gasteiger partial charge in [-0.05, 0) is 24.2 Å². The van der Waals surface area contributed by atoms with Gasteiger partial charge in [0.15, 0.2) is 0 Å². The van der Waals surface area contributed by atoms with Crippen LogP contribution in [-0.2, 0) is 0 Å². The van der Waals surface area contributed by atoms with Crippen LogP contribution in [-0.4, -0.2) is 9.55 Å². The summed E-state index contributed by atoms with van der Waals surface area (Å²) in [6.07, 6.45) is 6.14. The van der Waals surface area contributed by atoms with E-state index in [-0.39, 0.29) is 6.04 Å². The molecule has 0 spiro atoms. The van der Waals surface area contributed by atoms with Crippen LogP contribution in [0.1, 0.15) is 58.3 Å². The molecule has 2 atom stereocenters. The maximum atomic E-state index is 6.23. The zero-order valence-electron chi connectivity index (χ0n) is 10.8. The molecule has 1 aliphatic rings. The smallest absolute Gasteiger partial charge is 0.0951 e. The molecule has 0 saturated heterocycles. The second-order valence-electron chi connectivity index (χ2n) is 6.17. The molecule has 0 amide bonds. The van der Waals surface area contributed by atoms with E-state index in [0.717, 1.165) is 6.42 Å². The van der Waals surface area contributed by atoms with E-state index in [1.807, 2.05) is 12.5 Å². The normalized spacial score (nSPS) is 24.8. The number of hydrogen-bond donors (Lipinski definition) is 1. The van der Waals surface area contributed by atoms with Crippen LogP contribution >= 0.6 is 0 Å². The van der Waals surface area contributed by atoms with E-state index in [1.54, 1.807) is 0 Å². The van der Waals surface area contributed by atoms with Crippen LogP contribution in [0.2, 0.25) is 0 Å². The molecule has 90 valence electrons. The summed E-state index contributed by atoms with van der Waals surface area (Å²) in [5.74, 6) is 0.630. The van der Waals surface area contributed by atoms with Gasteiger partial charge in [-0.1, -0.05) is 27.7 Å². The molecule has 2 unspecified atom stereocenters. The Morgan fingerprint density at radius 3 is 2.69 bits per heavy atom. The fraction of sp³-hybridized carbons (Fsp3) is 0.769. The highest BCUT2D eigenvalue weighted by Crippen LogP contribution is 2.56. The lowest BCUT2D eigenvalue weighted by molar-refractivity contribution is 0.465. The summed E-state index contributed by atoms with van der Waals surface area (Å²) in [6, 6.07) is 0.724. The second-order valence-corrected chi connectivity index (χ2v) is 6.17. The van der Waals surface area contributed by atoms with Crippen LogP contribution < -0.4 is 5.73 Å². The second kappa shape index (κ2) is 3.88. The van der Waals surface area contributed by atoms with E-state index in [4.69, 9.17) is 5.73 Å². The predicted molar refractivity (Wildman–Crippen MR) is 66.0 cm³/mol. The quantitative estimate of drug-likeness (QED) is 0.849. The van der Waals surface area contributed by atoms with Gasteiger partial charge < -0.3 is 10.3 Å². The van der Waals surface area contributed by atoms with Gasteiger partial charge in [0.05, 0.1) is 12.0 Å². The third kappa shape index (κ3) is 2.14. The maximum absolute atomic E-state index is 6.23. The molecule has 2 rings (SSSR count). The number of rotatable bonds is 4. The van der Waals surface area contributed by atoms with Gasteiger partial charge in [0.2, 0.25) is 0 Å². The van der Waals surface area contributed by atoms with Crippen molar-refractivity contribution < 1.29 is 0 Å². The fourth-order valence-corrected chi connectivity index (χ4v) is 2.41. The third-order valence-corrected chi connectivity index (χ3v) is 3.60. The Balaban J connectivity index is 2.14. The van der Waals surface area contributed by atoms with Crippen molar-refractivity contribution in [3.63, 3.8) is 0 Å². The van der Waals surface area contributed by atoms with Crippen LogP contribution in [0.4, 0.5) is 0 Å². The Hall–Kier alpha value is -0.830.